The van der Waals surface area contributed by atoms with Crippen molar-refractivity contribution in [2.75, 3.05) is 6.54 Å². The highest BCUT2D eigenvalue weighted by molar-refractivity contribution is 6.69. The number of benzene rings is 2. The highest BCUT2D eigenvalue weighted by atomic mass is 28.4. The van der Waals surface area contributed by atoms with E-state index < -0.39 is 13.9 Å². The van der Waals surface area contributed by atoms with Crippen molar-refractivity contribution in [3.8, 4) is 0 Å². The fourth-order valence-corrected chi connectivity index (χ4v) is 5.35. The second-order valence-corrected chi connectivity index (χ2v) is 12.7. The molecule has 3 heteroatoms. The first kappa shape index (κ1) is 19.8. The van der Waals surface area contributed by atoms with Crippen molar-refractivity contribution in [3.05, 3.63) is 83.9 Å². The summed E-state index contributed by atoms with van der Waals surface area (Å²) in [6.45, 7) is 15.6. The Balaban J connectivity index is 2.21. The molecule has 1 N–H and O–H groups in total. The van der Waals surface area contributed by atoms with Gasteiger partial charge in [-0.15, -0.1) is 0 Å². The number of rotatable bonds is 7. The predicted molar refractivity (Wildman–Crippen MR) is 119 cm³/mol. The highest BCUT2D eigenvalue weighted by Crippen LogP contribution is 2.42. The number of nitrogens with one attached hydrogen (secondary N) is 1. The van der Waals surface area contributed by atoms with Crippen molar-refractivity contribution in [1.82, 2.24) is 5.32 Å². The first-order valence-corrected chi connectivity index (χ1v) is 13.2. The molecular weight excluding hydrogens is 346 g/mol. The minimum atomic E-state index is -1.85. The van der Waals surface area contributed by atoms with Crippen LogP contribution in [-0.4, -0.2) is 20.9 Å². The Labute approximate surface area is 165 Å². The molecule has 27 heavy (non-hydrogen) atoms. The van der Waals surface area contributed by atoms with Gasteiger partial charge >= 0.3 is 0 Å². The summed E-state index contributed by atoms with van der Waals surface area (Å²) in [5.74, 6) is 0. The molecule has 2 aromatic carbocycles. The van der Waals surface area contributed by atoms with Crippen LogP contribution in [0.2, 0.25) is 19.6 Å². The Morgan fingerprint density at radius 3 is 1.74 bits per heavy atom. The fourth-order valence-electron chi connectivity index (χ4n) is 4.01. The van der Waals surface area contributed by atoms with E-state index in [-0.39, 0.29) is 6.04 Å². The van der Waals surface area contributed by atoms with Gasteiger partial charge in [-0.2, -0.15) is 0 Å². The summed E-state index contributed by atoms with van der Waals surface area (Å²) in [5, 5.41) is 3.73. The van der Waals surface area contributed by atoms with Crippen molar-refractivity contribution in [2.24, 2.45) is 0 Å². The zero-order chi connectivity index (χ0) is 19.5. The quantitative estimate of drug-likeness (QED) is 0.614. The molecule has 0 bridgehead atoms. The van der Waals surface area contributed by atoms with E-state index in [4.69, 9.17) is 4.43 Å². The molecule has 1 aliphatic heterocycles. The van der Waals surface area contributed by atoms with E-state index in [1.165, 1.54) is 17.5 Å². The minimum absolute atomic E-state index is 0.258. The molecule has 1 heterocycles. The lowest BCUT2D eigenvalue weighted by Gasteiger charge is -2.44. The van der Waals surface area contributed by atoms with E-state index in [2.05, 4.69) is 86.6 Å². The Morgan fingerprint density at radius 1 is 0.926 bits per heavy atom. The zero-order valence-electron chi connectivity index (χ0n) is 16.8. The van der Waals surface area contributed by atoms with Crippen molar-refractivity contribution in [1.29, 1.82) is 0 Å². The molecule has 1 atom stereocenters. The smallest absolute Gasteiger partial charge is 0.185 e. The van der Waals surface area contributed by atoms with Gasteiger partial charge in [-0.1, -0.05) is 73.8 Å². The van der Waals surface area contributed by atoms with E-state index in [9.17, 15) is 0 Å². The molecule has 0 saturated carbocycles. The van der Waals surface area contributed by atoms with Crippen molar-refractivity contribution in [3.63, 3.8) is 0 Å². The van der Waals surface area contributed by atoms with E-state index >= 15 is 0 Å². The topological polar surface area (TPSA) is 21.3 Å². The van der Waals surface area contributed by atoms with Crippen LogP contribution in [0.4, 0.5) is 0 Å². The van der Waals surface area contributed by atoms with Crippen LogP contribution in [-0.2, 0) is 10.0 Å². The zero-order valence-corrected chi connectivity index (χ0v) is 17.8. The van der Waals surface area contributed by atoms with Crippen LogP contribution in [0.5, 0.6) is 0 Å². The maximum absolute atomic E-state index is 7.05. The molecule has 3 rings (SSSR count). The lowest BCUT2D eigenvalue weighted by molar-refractivity contribution is 0.0639. The SMILES string of the molecule is C=Cc1ccc(C(O[Si](C)(C)C)(c2ccc(C=C)cc2)[C@@H]2CCCN2)cc1. The largest absolute Gasteiger partial charge is 0.403 e. The van der Waals surface area contributed by atoms with Gasteiger partial charge in [-0.05, 0) is 61.3 Å². The summed E-state index contributed by atoms with van der Waals surface area (Å²) < 4.78 is 7.05. The summed E-state index contributed by atoms with van der Waals surface area (Å²) >= 11 is 0. The van der Waals surface area contributed by atoms with Crippen molar-refractivity contribution < 1.29 is 4.43 Å². The molecule has 1 saturated heterocycles. The van der Waals surface area contributed by atoms with Gasteiger partial charge in [0.05, 0.1) is 0 Å². The van der Waals surface area contributed by atoms with Crippen LogP contribution in [0.25, 0.3) is 12.2 Å². The van der Waals surface area contributed by atoms with Crippen molar-refractivity contribution in [2.45, 2.75) is 44.1 Å². The first-order chi connectivity index (χ1) is 12.9. The third-order valence-electron chi connectivity index (χ3n) is 5.17. The molecular formula is C24H31NOSi. The van der Waals surface area contributed by atoms with Crippen LogP contribution in [0.3, 0.4) is 0 Å². The third-order valence-corrected chi connectivity index (χ3v) is 6.10. The lowest BCUT2D eigenvalue weighted by Crippen LogP contribution is -2.53. The van der Waals surface area contributed by atoms with Crippen molar-refractivity contribution >= 4 is 20.5 Å². The summed E-state index contributed by atoms with van der Waals surface area (Å²) in [4.78, 5) is 0. The average molecular weight is 378 g/mol. The Bertz CT molecular complexity index is 729. The Kier molecular flexibility index (Phi) is 5.85. The summed E-state index contributed by atoms with van der Waals surface area (Å²) in [7, 11) is -1.85. The van der Waals surface area contributed by atoms with E-state index in [1.807, 2.05) is 12.2 Å². The van der Waals surface area contributed by atoms with Crippen LogP contribution in [0, 0.1) is 0 Å². The predicted octanol–water partition coefficient (Wildman–Crippen LogP) is 5.82. The molecule has 2 aromatic rings. The van der Waals surface area contributed by atoms with Gasteiger partial charge in [0.2, 0.25) is 0 Å². The van der Waals surface area contributed by atoms with Crippen LogP contribution in [0.15, 0.2) is 61.7 Å². The van der Waals surface area contributed by atoms with E-state index in [0.29, 0.717) is 0 Å². The van der Waals surface area contributed by atoms with Gasteiger partial charge in [-0.3, -0.25) is 0 Å². The van der Waals surface area contributed by atoms with Gasteiger partial charge in [0, 0.05) is 6.04 Å². The first-order valence-electron chi connectivity index (χ1n) is 9.78. The Morgan fingerprint density at radius 2 is 1.41 bits per heavy atom. The molecule has 0 aromatic heterocycles. The fraction of sp³-hybridized carbons (Fsp3) is 0.333. The van der Waals surface area contributed by atoms with Gasteiger partial charge in [0.25, 0.3) is 0 Å². The molecule has 1 fully saturated rings. The van der Waals surface area contributed by atoms with Crippen LogP contribution < -0.4 is 5.32 Å². The minimum Gasteiger partial charge on any atom is -0.403 e. The Hall–Kier alpha value is -1.94. The molecule has 0 amide bonds. The third kappa shape index (κ3) is 4.16. The number of hydrogen-bond acceptors (Lipinski definition) is 2. The van der Waals surface area contributed by atoms with Gasteiger partial charge in [-0.25, -0.2) is 0 Å². The number of hydrogen-bond donors (Lipinski definition) is 1. The summed E-state index contributed by atoms with van der Waals surface area (Å²) in [6, 6.07) is 17.6. The van der Waals surface area contributed by atoms with E-state index in [1.54, 1.807) is 0 Å². The second-order valence-electron chi connectivity index (χ2n) is 8.25. The van der Waals surface area contributed by atoms with Crippen LogP contribution >= 0.6 is 0 Å². The highest BCUT2D eigenvalue weighted by Gasteiger charge is 2.46. The molecule has 0 unspecified atom stereocenters. The molecule has 0 radical (unpaired) electrons. The standard InChI is InChI=1S/C24H31NOSi/c1-6-19-10-14-21(15-11-19)24(26-27(3,4)5,23-9-8-18-25-23)22-16-12-20(7-2)13-17-22/h6-7,10-17,23,25H,1-2,8-9,18H2,3-5H3/t23-/m0/s1. The molecule has 0 spiro atoms. The molecule has 2 nitrogen and oxygen atoms in total. The van der Waals surface area contributed by atoms with Gasteiger partial charge in [0.1, 0.15) is 5.60 Å². The lowest BCUT2D eigenvalue weighted by atomic mass is 9.79. The molecule has 1 aliphatic rings. The van der Waals surface area contributed by atoms with Gasteiger partial charge < -0.3 is 9.74 Å². The second kappa shape index (κ2) is 7.97. The summed E-state index contributed by atoms with van der Waals surface area (Å²) in [6.07, 6.45) is 6.06. The molecule has 0 aliphatic carbocycles. The maximum Gasteiger partial charge on any atom is 0.185 e. The monoisotopic (exact) mass is 377 g/mol. The van der Waals surface area contributed by atoms with E-state index in [0.717, 1.165) is 24.1 Å². The van der Waals surface area contributed by atoms with Gasteiger partial charge in [0.15, 0.2) is 8.32 Å². The molecule has 142 valence electrons. The summed E-state index contributed by atoms with van der Waals surface area (Å²) in [5.41, 5.74) is 4.19. The average Bonchev–Trinajstić information content (AvgIpc) is 3.21. The maximum atomic E-state index is 7.05. The normalized spacial score (nSPS) is 17.7. The van der Waals surface area contributed by atoms with Crippen LogP contribution in [0.1, 0.15) is 35.1 Å².